The third-order valence-corrected chi connectivity index (χ3v) is 2.83. The second kappa shape index (κ2) is 6.21. The molecule has 1 aromatic carbocycles. The highest BCUT2D eigenvalue weighted by Gasteiger charge is 2.05. The van der Waals surface area contributed by atoms with E-state index in [4.69, 9.17) is 0 Å². The summed E-state index contributed by atoms with van der Waals surface area (Å²) >= 11 is 0. The lowest BCUT2D eigenvalue weighted by atomic mass is 10.1. The van der Waals surface area contributed by atoms with E-state index in [1.54, 1.807) is 0 Å². The van der Waals surface area contributed by atoms with E-state index in [1.165, 1.54) is 0 Å². The molecular formula is C14H19N3O. The second-order valence-corrected chi connectivity index (χ2v) is 4.29. The van der Waals surface area contributed by atoms with E-state index in [0.29, 0.717) is 12.1 Å². The van der Waals surface area contributed by atoms with Crippen molar-refractivity contribution >= 4 is 16.8 Å². The summed E-state index contributed by atoms with van der Waals surface area (Å²) < 4.78 is 0. The monoisotopic (exact) mass is 245 g/mol. The highest BCUT2D eigenvalue weighted by atomic mass is 16.1. The molecule has 0 aliphatic rings. The molecule has 4 heteroatoms. The van der Waals surface area contributed by atoms with Crippen molar-refractivity contribution in [3.63, 3.8) is 0 Å². The van der Waals surface area contributed by atoms with E-state index >= 15 is 0 Å². The summed E-state index contributed by atoms with van der Waals surface area (Å²) in [6.07, 6.45) is 2.99. The molecule has 0 spiro atoms. The Morgan fingerprint density at radius 2 is 2.11 bits per heavy atom. The summed E-state index contributed by atoms with van der Waals surface area (Å²) in [5.41, 5.74) is 1.76. The van der Waals surface area contributed by atoms with Crippen LogP contribution in [0.5, 0.6) is 0 Å². The Balaban J connectivity index is 1.88. The molecule has 96 valence electrons. The summed E-state index contributed by atoms with van der Waals surface area (Å²) in [5.74, 6) is -0.0172. The molecule has 0 fully saturated rings. The van der Waals surface area contributed by atoms with Gasteiger partial charge in [0, 0.05) is 35.8 Å². The van der Waals surface area contributed by atoms with E-state index in [2.05, 4.69) is 22.5 Å². The third kappa shape index (κ3) is 3.11. The van der Waals surface area contributed by atoms with Crippen LogP contribution >= 0.6 is 0 Å². The summed E-state index contributed by atoms with van der Waals surface area (Å²) in [6, 6.07) is 7.64. The fraction of sp³-hybridized carbons (Fsp3) is 0.357. The van der Waals surface area contributed by atoms with Crippen LogP contribution < -0.4 is 10.6 Å². The van der Waals surface area contributed by atoms with Gasteiger partial charge in [-0.05, 0) is 37.2 Å². The van der Waals surface area contributed by atoms with Crippen molar-refractivity contribution in [2.24, 2.45) is 0 Å². The smallest absolute Gasteiger partial charge is 0.251 e. The highest BCUT2D eigenvalue weighted by molar-refractivity contribution is 5.98. The predicted molar refractivity (Wildman–Crippen MR) is 73.8 cm³/mol. The van der Waals surface area contributed by atoms with Crippen LogP contribution in [-0.4, -0.2) is 30.5 Å². The summed E-state index contributed by atoms with van der Waals surface area (Å²) in [5, 5.41) is 7.21. The minimum absolute atomic E-state index is 0.0172. The van der Waals surface area contributed by atoms with Crippen LogP contribution in [0.2, 0.25) is 0 Å². The van der Waals surface area contributed by atoms with Gasteiger partial charge in [-0.25, -0.2) is 0 Å². The van der Waals surface area contributed by atoms with Gasteiger partial charge in [-0.2, -0.15) is 0 Å². The first-order valence-corrected chi connectivity index (χ1v) is 6.37. The molecule has 0 saturated heterocycles. The molecule has 1 heterocycles. The minimum atomic E-state index is -0.0172. The van der Waals surface area contributed by atoms with Crippen LogP contribution in [0, 0.1) is 0 Å². The largest absolute Gasteiger partial charge is 0.361 e. The Morgan fingerprint density at radius 3 is 2.94 bits per heavy atom. The van der Waals surface area contributed by atoms with Crippen molar-refractivity contribution in [2.75, 3.05) is 19.6 Å². The topological polar surface area (TPSA) is 56.9 Å². The zero-order valence-corrected chi connectivity index (χ0v) is 10.6. The summed E-state index contributed by atoms with van der Waals surface area (Å²) in [7, 11) is 0. The first-order valence-electron chi connectivity index (χ1n) is 6.37. The third-order valence-electron chi connectivity index (χ3n) is 2.83. The molecule has 0 aliphatic carbocycles. The molecule has 0 aliphatic heterocycles. The number of H-pyrrole nitrogens is 1. The molecule has 0 unspecified atom stereocenters. The molecule has 4 nitrogen and oxygen atoms in total. The maximum Gasteiger partial charge on any atom is 0.251 e. The molecule has 2 aromatic rings. The van der Waals surface area contributed by atoms with Crippen LogP contribution in [-0.2, 0) is 0 Å². The van der Waals surface area contributed by atoms with Crippen molar-refractivity contribution in [3.8, 4) is 0 Å². The maximum absolute atomic E-state index is 11.9. The van der Waals surface area contributed by atoms with E-state index < -0.39 is 0 Å². The number of aromatic amines is 1. The Labute approximate surface area is 107 Å². The molecule has 0 atom stereocenters. The Hall–Kier alpha value is -1.81. The Morgan fingerprint density at radius 1 is 1.22 bits per heavy atom. The number of hydrogen-bond donors (Lipinski definition) is 3. The van der Waals surface area contributed by atoms with E-state index in [-0.39, 0.29) is 5.91 Å². The van der Waals surface area contributed by atoms with Crippen LogP contribution in [0.3, 0.4) is 0 Å². The number of hydrogen-bond acceptors (Lipinski definition) is 2. The van der Waals surface area contributed by atoms with Gasteiger partial charge in [0.05, 0.1) is 0 Å². The molecule has 1 amide bonds. The number of carbonyl (C=O) groups excluding carboxylic acids is 1. The predicted octanol–water partition coefficient (Wildman–Crippen LogP) is 1.90. The van der Waals surface area contributed by atoms with Gasteiger partial charge in [-0.1, -0.05) is 6.92 Å². The van der Waals surface area contributed by atoms with Gasteiger partial charge in [0.1, 0.15) is 0 Å². The van der Waals surface area contributed by atoms with Gasteiger partial charge in [-0.15, -0.1) is 0 Å². The van der Waals surface area contributed by atoms with Gasteiger partial charge >= 0.3 is 0 Å². The number of amides is 1. The minimum Gasteiger partial charge on any atom is -0.361 e. The number of benzene rings is 1. The number of nitrogens with one attached hydrogen (secondary N) is 3. The highest BCUT2D eigenvalue weighted by Crippen LogP contribution is 2.13. The van der Waals surface area contributed by atoms with Crippen molar-refractivity contribution in [3.05, 3.63) is 36.0 Å². The van der Waals surface area contributed by atoms with E-state index in [1.807, 2.05) is 30.5 Å². The van der Waals surface area contributed by atoms with Gasteiger partial charge in [0.2, 0.25) is 0 Å². The van der Waals surface area contributed by atoms with E-state index in [0.717, 1.165) is 30.4 Å². The fourth-order valence-corrected chi connectivity index (χ4v) is 1.86. The fourth-order valence-electron chi connectivity index (χ4n) is 1.86. The molecule has 0 saturated carbocycles. The second-order valence-electron chi connectivity index (χ2n) is 4.29. The standard InChI is InChI=1S/C14H19N3O/c1-2-6-15-8-9-17-14(18)12-3-4-13-11(10-12)5-7-16-13/h3-5,7,10,15-16H,2,6,8-9H2,1H3,(H,17,18). The van der Waals surface area contributed by atoms with Gasteiger partial charge in [-0.3, -0.25) is 4.79 Å². The zero-order chi connectivity index (χ0) is 12.8. The summed E-state index contributed by atoms with van der Waals surface area (Å²) in [4.78, 5) is 15.0. The van der Waals surface area contributed by atoms with E-state index in [9.17, 15) is 4.79 Å². The van der Waals surface area contributed by atoms with Crippen molar-refractivity contribution in [1.82, 2.24) is 15.6 Å². The molecule has 0 bridgehead atoms. The summed E-state index contributed by atoms with van der Waals surface area (Å²) in [6.45, 7) is 4.58. The van der Waals surface area contributed by atoms with Gasteiger partial charge in [0.25, 0.3) is 5.91 Å². The molecule has 1 aromatic heterocycles. The lowest BCUT2D eigenvalue weighted by molar-refractivity contribution is 0.0954. The van der Waals surface area contributed by atoms with Crippen molar-refractivity contribution < 1.29 is 4.79 Å². The molecule has 3 N–H and O–H groups in total. The van der Waals surface area contributed by atoms with Gasteiger partial charge < -0.3 is 15.6 Å². The molecule has 0 radical (unpaired) electrons. The normalized spacial score (nSPS) is 10.7. The Bertz CT molecular complexity index is 518. The lowest BCUT2D eigenvalue weighted by Crippen LogP contribution is -2.32. The maximum atomic E-state index is 11.9. The zero-order valence-electron chi connectivity index (χ0n) is 10.6. The molecule has 18 heavy (non-hydrogen) atoms. The number of fused-ring (bicyclic) bond motifs is 1. The Kier molecular flexibility index (Phi) is 4.36. The van der Waals surface area contributed by atoms with Crippen LogP contribution in [0.25, 0.3) is 10.9 Å². The van der Waals surface area contributed by atoms with Crippen LogP contribution in [0.15, 0.2) is 30.5 Å². The first-order chi connectivity index (χ1) is 8.81. The first kappa shape index (κ1) is 12.6. The van der Waals surface area contributed by atoms with Crippen molar-refractivity contribution in [1.29, 1.82) is 0 Å². The average Bonchev–Trinajstić information content (AvgIpc) is 2.85. The van der Waals surface area contributed by atoms with Crippen LogP contribution in [0.1, 0.15) is 23.7 Å². The molecule has 2 rings (SSSR count). The quantitative estimate of drug-likeness (QED) is 0.681. The molecular weight excluding hydrogens is 226 g/mol. The number of rotatable bonds is 6. The van der Waals surface area contributed by atoms with Crippen molar-refractivity contribution in [2.45, 2.75) is 13.3 Å². The number of carbonyl (C=O) groups is 1. The van der Waals surface area contributed by atoms with Crippen LogP contribution in [0.4, 0.5) is 0 Å². The lowest BCUT2D eigenvalue weighted by Gasteiger charge is -2.06. The SMILES string of the molecule is CCCNCCNC(=O)c1ccc2[nH]ccc2c1. The van der Waals surface area contributed by atoms with Gasteiger partial charge in [0.15, 0.2) is 0 Å². The average molecular weight is 245 g/mol. The number of aromatic nitrogens is 1.